The third-order valence-electron chi connectivity index (χ3n) is 9.40. The van der Waals surface area contributed by atoms with E-state index in [9.17, 15) is 32.7 Å². The lowest BCUT2D eigenvalue weighted by Gasteiger charge is -2.43. The van der Waals surface area contributed by atoms with E-state index in [0.717, 1.165) is 17.7 Å². The molecule has 49 heavy (non-hydrogen) atoms. The van der Waals surface area contributed by atoms with E-state index in [0.29, 0.717) is 32.6 Å². The number of fused-ring (bicyclic) bond motifs is 1. The van der Waals surface area contributed by atoms with Crippen LogP contribution < -0.4 is 5.56 Å². The van der Waals surface area contributed by atoms with Gasteiger partial charge >= 0.3 is 12.3 Å². The van der Waals surface area contributed by atoms with E-state index in [4.69, 9.17) is 4.74 Å². The largest absolute Gasteiger partial charge is 0.444 e. The molecule has 0 unspecified atom stereocenters. The number of aromatic nitrogens is 3. The first-order valence-electron chi connectivity index (χ1n) is 16.4. The molecule has 0 spiro atoms. The second-order valence-electron chi connectivity index (χ2n) is 14.0. The van der Waals surface area contributed by atoms with Crippen LogP contribution in [0.2, 0.25) is 0 Å². The molecule has 2 aromatic carbocycles. The number of nitrogens with zero attached hydrogens (tertiary/aromatic N) is 5. The van der Waals surface area contributed by atoms with Crippen LogP contribution >= 0.6 is 0 Å². The lowest BCUT2D eigenvalue weighted by molar-refractivity contribution is -0.142. The van der Waals surface area contributed by atoms with Gasteiger partial charge in [-0.25, -0.2) is 9.78 Å². The number of hydrogen-bond donors (Lipinski definition) is 1. The van der Waals surface area contributed by atoms with Crippen molar-refractivity contribution in [3.05, 3.63) is 94.7 Å². The number of amides is 2. The summed E-state index contributed by atoms with van der Waals surface area (Å²) in [6.45, 7) is 6.73. The Hall–Kier alpha value is -4.65. The molecule has 1 N–H and O–H groups in total. The van der Waals surface area contributed by atoms with Crippen molar-refractivity contribution in [2.24, 2.45) is 5.92 Å². The summed E-state index contributed by atoms with van der Waals surface area (Å²) in [5, 5.41) is 11.8. The minimum Gasteiger partial charge on any atom is -0.444 e. The van der Waals surface area contributed by atoms with Crippen LogP contribution in [0.3, 0.4) is 0 Å². The van der Waals surface area contributed by atoms with Crippen molar-refractivity contribution in [3.63, 3.8) is 0 Å². The molecule has 2 aromatic heterocycles. The zero-order valence-electron chi connectivity index (χ0n) is 27.7. The minimum atomic E-state index is -4.52. The monoisotopic (exact) mass is 679 g/mol. The van der Waals surface area contributed by atoms with Gasteiger partial charge in [0.15, 0.2) is 5.65 Å². The third kappa shape index (κ3) is 7.36. The highest BCUT2D eigenvalue weighted by molar-refractivity contribution is 5.81. The molecule has 4 aromatic rings. The molecule has 13 heteroatoms. The molecule has 260 valence electrons. The quantitative estimate of drug-likeness (QED) is 0.294. The fourth-order valence-corrected chi connectivity index (χ4v) is 6.84. The smallest absolute Gasteiger partial charge is 0.416 e. The maximum Gasteiger partial charge on any atom is 0.416 e. The maximum atomic E-state index is 14.0. The van der Waals surface area contributed by atoms with E-state index in [1.165, 1.54) is 39.9 Å². The Morgan fingerprint density at radius 1 is 0.980 bits per heavy atom. The van der Waals surface area contributed by atoms with Crippen molar-refractivity contribution in [3.8, 4) is 5.69 Å². The summed E-state index contributed by atoms with van der Waals surface area (Å²) < 4.78 is 48.2. The fraction of sp³-hybridized carbons (Fsp3) is 0.444. The molecule has 2 saturated heterocycles. The van der Waals surface area contributed by atoms with Gasteiger partial charge in [-0.3, -0.25) is 14.2 Å². The minimum absolute atomic E-state index is 0.0315. The van der Waals surface area contributed by atoms with Crippen molar-refractivity contribution in [1.29, 1.82) is 0 Å². The number of rotatable bonds is 5. The van der Waals surface area contributed by atoms with Crippen LogP contribution in [-0.2, 0) is 22.3 Å². The summed E-state index contributed by atoms with van der Waals surface area (Å²) in [5.41, 5.74) is -1.76. The summed E-state index contributed by atoms with van der Waals surface area (Å²) >= 11 is 0. The highest BCUT2D eigenvalue weighted by Gasteiger charge is 2.42. The number of hydrogen-bond acceptors (Lipinski definition) is 6. The van der Waals surface area contributed by atoms with Gasteiger partial charge in [0.2, 0.25) is 5.91 Å². The van der Waals surface area contributed by atoms with Crippen molar-refractivity contribution in [2.75, 3.05) is 26.2 Å². The molecular weight excluding hydrogens is 639 g/mol. The zero-order chi connectivity index (χ0) is 35.1. The van der Waals surface area contributed by atoms with Crippen molar-refractivity contribution < 1.29 is 32.6 Å². The summed E-state index contributed by atoms with van der Waals surface area (Å²) in [7, 11) is 0. The van der Waals surface area contributed by atoms with Crippen molar-refractivity contribution in [1.82, 2.24) is 23.9 Å². The molecular formula is C36H40F3N5O5. The van der Waals surface area contributed by atoms with Gasteiger partial charge in [-0.2, -0.15) is 13.2 Å². The van der Waals surface area contributed by atoms with Gasteiger partial charge in [0.25, 0.3) is 5.56 Å². The molecule has 4 heterocycles. The molecule has 2 fully saturated rings. The average Bonchev–Trinajstić information content (AvgIpc) is 3.50. The number of ether oxygens (including phenoxy) is 1. The number of carbonyl (C=O) groups is 2. The molecule has 0 saturated carbocycles. The van der Waals surface area contributed by atoms with E-state index in [2.05, 4.69) is 4.98 Å². The van der Waals surface area contributed by atoms with E-state index in [1.54, 1.807) is 9.80 Å². The number of piperidine rings is 2. The molecule has 0 radical (unpaired) electrons. The topological polar surface area (TPSA) is 110 Å². The molecule has 0 bridgehead atoms. The summed E-state index contributed by atoms with van der Waals surface area (Å²) in [6.07, 6.45) is -1.18. The number of alkyl halides is 3. The van der Waals surface area contributed by atoms with Gasteiger partial charge in [-0.15, -0.1) is 0 Å². The Bertz CT molecular complexity index is 1890. The molecule has 2 aliphatic heterocycles. The first-order chi connectivity index (χ1) is 23.1. The average molecular weight is 680 g/mol. The third-order valence-corrected chi connectivity index (χ3v) is 9.40. The Morgan fingerprint density at radius 3 is 2.37 bits per heavy atom. The van der Waals surface area contributed by atoms with E-state index in [1.807, 2.05) is 51.1 Å². The number of aliphatic hydroxyl groups is 1. The Kier molecular flexibility index (Phi) is 9.08. The van der Waals surface area contributed by atoms with Gasteiger partial charge in [0.05, 0.1) is 23.1 Å². The molecule has 2 aliphatic rings. The van der Waals surface area contributed by atoms with E-state index < -0.39 is 34.6 Å². The Morgan fingerprint density at radius 2 is 1.69 bits per heavy atom. The Labute approximate surface area is 281 Å². The molecule has 6 rings (SSSR count). The number of benzene rings is 2. The second-order valence-corrected chi connectivity index (χ2v) is 14.0. The SMILES string of the molecule is CC(C)(C)OC(=O)N1CC[C@@H](C(=O)N2CCC(O)(Cn3cnc4c(ccn4-c4cccc(C(F)(F)F)c4)c3=O)CC2)[C@H](c2ccccc2)C1. The van der Waals surface area contributed by atoms with Crippen LogP contribution in [0, 0.1) is 5.92 Å². The highest BCUT2D eigenvalue weighted by Crippen LogP contribution is 2.36. The lowest BCUT2D eigenvalue weighted by atomic mass is 9.79. The standard InChI is InChI=1S/C36H40F3N5O5/c1-34(2,3)49-33(47)42-16-12-27(29(21-42)24-8-5-4-6-9-24)31(45)41-18-14-35(48,15-19-41)22-43-23-40-30-28(32(43)46)13-17-44(30)26-11-7-10-25(20-26)36(37,38)39/h4-11,13,17,20,23,27,29,48H,12,14-16,18-19,21-22H2,1-3H3/t27-,29+/m1/s1. The van der Waals surface area contributed by atoms with Crippen LogP contribution in [0.25, 0.3) is 16.7 Å². The molecule has 0 aliphatic carbocycles. The molecule has 2 amide bonds. The maximum absolute atomic E-state index is 14.0. The highest BCUT2D eigenvalue weighted by atomic mass is 19.4. The van der Waals surface area contributed by atoms with Gasteiger partial charge < -0.3 is 24.2 Å². The van der Waals surface area contributed by atoms with Crippen LogP contribution in [0.1, 0.15) is 57.1 Å². The summed E-state index contributed by atoms with van der Waals surface area (Å²) in [4.78, 5) is 48.1. The van der Waals surface area contributed by atoms with Crippen LogP contribution in [0.5, 0.6) is 0 Å². The number of carbonyl (C=O) groups excluding carboxylic acids is 2. The fourth-order valence-electron chi connectivity index (χ4n) is 6.84. The van der Waals surface area contributed by atoms with Gasteiger partial charge in [0, 0.05) is 49.9 Å². The summed E-state index contributed by atoms with van der Waals surface area (Å²) in [5.74, 6) is -0.617. The normalized spacial score (nSPS) is 20.0. The molecule has 10 nitrogen and oxygen atoms in total. The predicted octanol–water partition coefficient (Wildman–Crippen LogP) is 5.60. The predicted molar refractivity (Wildman–Crippen MR) is 176 cm³/mol. The number of likely N-dealkylation sites (tertiary alicyclic amines) is 2. The van der Waals surface area contributed by atoms with Crippen molar-refractivity contribution >= 4 is 23.0 Å². The Balaban J connectivity index is 1.14. The summed E-state index contributed by atoms with van der Waals surface area (Å²) in [6, 6.07) is 16.0. The van der Waals surface area contributed by atoms with E-state index >= 15 is 0 Å². The first-order valence-corrected chi connectivity index (χ1v) is 16.4. The number of halogens is 3. The van der Waals surface area contributed by atoms with E-state index in [-0.39, 0.29) is 53.9 Å². The van der Waals surface area contributed by atoms with Crippen LogP contribution in [0.15, 0.2) is 78.0 Å². The second kappa shape index (κ2) is 13.0. The van der Waals surface area contributed by atoms with Gasteiger partial charge in [-0.05, 0) is 69.9 Å². The van der Waals surface area contributed by atoms with Gasteiger partial charge in [0.1, 0.15) is 11.9 Å². The van der Waals surface area contributed by atoms with Gasteiger partial charge in [-0.1, -0.05) is 36.4 Å². The van der Waals surface area contributed by atoms with Crippen molar-refractivity contribution in [2.45, 2.75) is 69.9 Å². The van der Waals surface area contributed by atoms with Crippen LogP contribution in [0.4, 0.5) is 18.0 Å². The molecule has 2 atom stereocenters. The van der Waals surface area contributed by atoms with Crippen LogP contribution in [-0.4, -0.2) is 78.4 Å². The lowest BCUT2D eigenvalue weighted by Crippen LogP contribution is -2.53. The zero-order valence-corrected chi connectivity index (χ0v) is 27.7. The first kappa shape index (κ1) is 34.2.